The van der Waals surface area contributed by atoms with E-state index in [2.05, 4.69) is 5.32 Å². The Morgan fingerprint density at radius 3 is 2.42 bits per heavy atom. The van der Waals surface area contributed by atoms with Gasteiger partial charge in [-0.1, -0.05) is 46.2 Å². The summed E-state index contributed by atoms with van der Waals surface area (Å²) in [5, 5.41) is 2.25. The van der Waals surface area contributed by atoms with Gasteiger partial charge in [0.25, 0.3) is 0 Å². The van der Waals surface area contributed by atoms with Crippen LogP contribution in [0.2, 0.25) is 0 Å². The molecule has 0 bridgehead atoms. The fraction of sp³-hybridized carbons (Fsp3) is 0.560. The monoisotopic (exact) mass is 461 g/mol. The average molecular weight is 462 g/mol. The van der Waals surface area contributed by atoms with Crippen LogP contribution in [0.25, 0.3) is 0 Å². The zero-order chi connectivity index (χ0) is 25.0. The molecule has 0 saturated carbocycles. The normalized spacial score (nSPS) is 16.1. The van der Waals surface area contributed by atoms with Crippen LogP contribution in [0.5, 0.6) is 5.75 Å². The van der Waals surface area contributed by atoms with Gasteiger partial charge >= 0.3 is 5.97 Å². The molecule has 1 N–H and O–H groups in total. The number of carbonyl (C=O) groups excluding carboxylic acids is 5. The second kappa shape index (κ2) is 14.2. The van der Waals surface area contributed by atoms with Gasteiger partial charge in [0.1, 0.15) is 5.75 Å². The van der Waals surface area contributed by atoms with E-state index >= 15 is 0 Å². The smallest absolute Gasteiger partial charge is 0.344 e. The minimum atomic E-state index is -0.489. The zero-order valence-electron chi connectivity index (χ0n) is 20.2. The fourth-order valence-corrected chi connectivity index (χ4v) is 2.98. The van der Waals surface area contributed by atoms with Crippen molar-refractivity contribution in [3.05, 3.63) is 29.3 Å². The maximum atomic E-state index is 12.5. The first-order valence-corrected chi connectivity index (χ1v) is 11.4. The number of esters is 1. The van der Waals surface area contributed by atoms with Crippen molar-refractivity contribution in [1.29, 1.82) is 0 Å². The van der Waals surface area contributed by atoms with Gasteiger partial charge in [-0.15, -0.1) is 0 Å². The molecule has 1 fully saturated rings. The van der Waals surface area contributed by atoms with Crippen LogP contribution in [0.1, 0.15) is 87.4 Å². The Morgan fingerprint density at radius 2 is 1.88 bits per heavy atom. The third-order valence-electron chi connectivity index (χ3n) is 5.32. The van der Waals surface area contributed by atoms with E-state index in [1.165, 1.54) is 6.92 Å². The largest absolute Gasteiger partial charge is 0.481 e. The Balaban J connectivity index is 0.000000502. The summed E-state index contributed by atoms with van der Waals surface area (Å²) in [6, 6.07) is 4.86. The van der Waals surface area contributed by atoms with E-state index in [1.54, 1.807) is 18.2 Å². The van der Waals surface area contributed by atoms with Crippen LogP contribution in [0.15, 0.2) is 18.2 Å². The van der Waals surface area contributed by atoms with E-state index in [-0.39, 0.29) is 53.1 Å². The molecule has 2 unspecified atom stereocenters. The molecule has 2 amide bonds. The Kier molecular flexibility index (Phi) is 12.0. The van der Waals surface area contributed by atoms with Gasteiger partial charge in [-0.05, 0) is 32.3 Å². The molecule has 1 aliphatic heterocycles. The summed E-state index contributed by atoms with van der Waals surface area (Å²) >= 11 is 0. The van der Waals surface area contributed by atoms with Crippen LogP contribution in [0.3, 0.4) is 0 Å². The Labute approximate surface area is 195 Å². The van der Waals surface area contributed by atoms with Crippen molar-refractivity contribution in [2.24, 2.45) is 11.8 Å². The number of nitrogens with one attached hydrogen (secondary N) is 1. The maximum absolute atomic E-state index is 12.5. The minimum Gasteiger partial charge on any atom is -0.481 e. The molecule has 8 heteroatoms. The number of unbranched alkanes of at least 4 members (excludes halogenated alkanes) is 1. The summed E-state index contributed by atoms with van der Waals surface area (Å²) in [5.74, 6) is -1.06. The second-order valence-corrected chi connectivity index (χ2v) is 8.12. The molecule has 8 nitrogen and oxygen atoms in total. The van der Waals surface area contributed by atoms with Gasteiger partial charge in [0.05, 0.1) is 12.2 Å². The molecular weight excluding hydrogens is 426 g/mol. The third kappa shape index (κ3) is 9.16. The topological polar surface area (TPSA) is 116 Å². The van der Waals surface area contributed by atoms with Gasteiger partial charge in [-0.25, -0.2) is 4.79 Å². The van der Waals surface area contributed by atoms with Gasteiger partial charge in [-0.2, -0.15) is 0 Å². The molecule has 0 aromatic heterocycles. The Bertz CT molecular complexity index is 862. The van der Waals surface area contributed by atoms with Crippen LogP contribution in [0.4, 0.5) is 0 Å². The first-order valence-electron chi connectivity index (χ1n) is 11.4. The number of ether oxygens (including phenoxy) is 2. The number of imide groups is 1. The number of Topliss-reactive ketones (excluding diaryl/α,β-unsaturated/α-hetero) is 2. The van der Waals surface area contributed by atoms with Crippen LogP contribution in [-0.4, -0.2) is 42.6 Å². The highest BCUT2D eigenvalue weighted by Crippen LogP contribution is 2.26. The highest BCUT2D eigenvalue weighted by molar-refractivity contribution is 6.10. The van der Waals surface area contributed by atoms with E-state index in [9.17, 15) is 24.0 Å². The molecule has 1 aromatic carbocycles. The number of rotatable bonds is 10. The third-order valence-corrected chi connectivity index (χ3v) is 5.32. The summed E-state index contributed by atoms with van der Waals surface area (Å²) in [6.45, 7) is 9.02. The molecule has 182 valence electrons. The number of amides is 2. The summed E-state index contributed by atoms with van der Waals surface area (Å²) in [6.07, 6.45) is 3.61. The molecule has 1 aliphatic rings. The van der Waals surface area contributed by atoms with Gasteiger partial charge < -0.3 is 9.47 Å². The van der Waals surface area contributed by atoms with Crippen LogP contribution in [-0.2, 0) is 19.1 Å². The lowest BCUT2D eigenvalue weighted by Crippen LogP contribution is -2.39. The van der Waals surface area contributed by atoms with Crippen molar-refractivity contribution >= 4 is 29.4 Å². The fourth-order valence-electron chi connectivity index (χ4n) is 2.98. The highest BCUT2D eigenvalue weighted by atomic mass is 16.6. The van der Waals surface area contributed by atoms with E-state index in [1.807, 2.05) is 27.7 Å². The van der Waals surface area contributed by atoms with Crippen molar-refractivity contribution in [3.63, 3.8) is 0 Å². The SMILES string of the molecule is CC1CCC(=O)NC1=O.CCCCOC(=O)COc1cccc(C(=O)C(C)CC)c1C(C)=O. The van der Waals surface area contributed by atoms with E-state index in [4.69, 9.17) is 9.47 Å². The number of benzene rings is 1. The van der Waals surface area contributed by atoms with Crippen LogP contribution in [0, 0.1) is 11.8 Å². The molecule has 1 aromatic rings. The molecule has 2 atom stereocenters. The molecule has 2 rings (SSSR count). The first kappa shape index (κ1) is 28.0. The van der Waals surface area contributed by atoms with Gasteiger partial charge in [0, 0.05) is 23.8 Å². The Morgan fingerprint density at radius 1 is 1.18 bits per heavy atom. The lowest BCUT2D eigenvalue weighted by Gasteiger charge is -2.15. The second-order valence-electron chi connectivity index (χ2n) is 8.12. The Hall–Kier alpha value is -3.03. The lowest BCUT2D eigenvalue weighted by molar-refractivity contribution is -0.146. The first-order chi connectivity index (χ1) is 15.6. The summed E-state index contributed by atoms with van der Waals surface area (Å²) in [5.41, 5.74) is 0.567. The molecule has 0 spiro atoms. The van der Waals surface area contributed by atoms with E-state index < -0.39 is 5.97 Å². The number of ketones is 2. The van der Waals surface area contributed by atoms with Crippen molar-refractivity contribution in [3.8, 4) is 5.75 Å². The molecule has 1 heterocycles. The van der Waals surface area contributed by atoms with Crippen molar-refractivity contribution in [1.82, 2.24) is 5.32 Å². The standard InChI is InChI=1S/C19H26O5.C6H9NO2/c1-5-7-11-23-17(21)12-24-16-10-8-9-15(18(16)14(4)20)19(22)13(3)6-2;1-4-2-3-5(8)7-6(4)9/h8-10,13H,5-7,11-12H2,1-4H3;4H,2-3H2,1H3,(H,7,8,9). The average Bonchev–Trinajstić information content (AvgIpc) is 2.79. The predicted octanol–water partition coefficient (Wildman–Crippen LogP) is 3.90. The molecule has 0 radical (unpaired) electrons. The summed E-state index contributed by atoms with van der Waals surface area (Å²) < 4.78 is 10.5. The minimum absolute atomic E-state index is 0.0164. The molecule has 0 aliphatic carbocycles. The van der Waals surface area contributed by atoms with E-state index in [0.29, 0.717) is 31.4 Å². The molecule has 1 saturated heterocycles. The van der Waals surface area contributed by atoms with Crippen LogP contribution < -0.4 is 10.1 Å². The van der Waals surface area contributed by atoms with Gasteiger partial charge in [0.2, 0.25) is 11.8 Å². The number of hydrogen-bond donors (Lipinski definition) is 1. The quantitative estimate of drug-likeness (QED) is 0.243. The highest BCUT2D eigenvalue weighted by Gasteiger charge is 2.23. The van der Waals surface area contributed by atoms with Crippen molar-refractivity contribution < 1.29 is 33.4 Å². The van der Waals surface area contributed by atoms with Gasteiger partial charge in [-0.3, -0.25) is 24.5 Å². The van der Waals surface area contributed by atoms with Crippen LogP contribution >= 0.6 is 0 Å². The lowest BCUT2D eigenvalue weighted by atomic mass is 9.92. The number of carbonyl (C=O) groups is 5. The number of piperidine rings is 1. The zero-order valence-corrected chi connectivity index (χ0v) is 20.2. The molecular formula is C25H35NO7. The van der Waals surface area contributed by atoms with Gasteiger partial charge in [0.15, 0.2) is 18.2 Å². The van der Waals surface area contributed by atoms with Crippen molar-refractivity contribution in [2.75, 3.05) is 13.2 Å². The van der Waals surface area contributed by atoms with E-state index in [0.717, 1.165) is 12.8 Å². The predicted molar refractivity (Wildman–Crippen MR) is 123 cm³/mol. The maximum Gasteiger partial charge on any atom is 0.344 e. The molecule has 33 heavy (non-hydrogen) atoms. The summed E-state index contributed by atoms with van der Waals surface area (Å²) in [4.78, 5) is 57.3. The number of hydrogen-bond acceptors (Lipinski definition) is 7. The summed E-state index contributed by atoms with van der Waals surface area (Å²) in [7, 11) is 0. The van der Waals surface area contributed by atoms with Crippen molar-refractivity contribution in [2.45, 2.75) is 66.7 Å².